The second kappa shape index (κ2) is 21.2. The Labute approximate surface area is 278 Å². The van der Waals surface area contributed by atoms with E-state index in [-0.39, 0.29) is 0 Å². The number of allylic oxidation sites excluding steroid dienone is 2. The topological polar surface area (TPSA) is 0 Å². The van der Waals surface area contributed by atoms with Gasteiger partial charge in [0.15, 0.2) is 0 Å². The van der Waals surface area contributed by atoms with Crippen molar-refractivity contribution in [1.82, 2.24) is 0 Å². The molecule has 0 N–H and O–H groups in total. The Kier molecular flexibility index (Phi) is 19.5. The van der Waals surface area contributed by atoms with Crippen LogP contribution in [0.5, 0.6) is 0 Å². The Bertz CT molecular complexity index is 1310. The van der Waals surface area contributed by atoms with Crippen LogP contribution in [0, 0.1) is 0 Å². The minimum atomic E-state index is -4.28. The zero-order valence-corrected chi connectivity index (χ0v) is 30.3. The summed E-state index contributed by atoms with van der Waals surface area (Å²) in [7, 11) is 11.0. The van der Waals surface area contributed by atoms with E-state index in [4.69, 9.17) is 17.0 Å². The van der Waals surface area contributed by atoms with E-state index in [0.29, 0.717) is 21.5 Å². The summed E-state index contributed by atoms with van der Waals surface area (Å²) in [6.45, 7) is 8.53. The molecule has 4 aromatic rings. The van der Waals surface area contributed by atoms with E-state index in [1.54, 1.807) is 24.3 Å². The van der Waals surface area contributed by atoms with E-state index in [1.807, 2.05) is 36.4 Å². The molecular weight excluding hydrogens is 713 g/mol. The van der Waals surface area contributed by atoms with Gasteiger partial charge in [-0.05, 0) is 24.0 Å². The molecule has 0 aliphatic carbocycles. The Balaban J connectivity index is 0.000000373. The average Bonchev–Trinajstić information content (AvgIpc) is 3.61. The molecule has 0 aromatic heterocycles. The molecule has 4 aromatic carbocycles. The summed E-state index contributed by atoms with van der Waals surface area (Å²) >= 11 is -0.826. The van der Waals surface area contributed by atoms with E-state index in [2.05, 4.69) is 26.9 Å². The zero-order chi connectivity index (χ0) is 33.2. The van der Waals surface area contributed by atoms with E-state index in [1.165, 1.54) is 24.3 Å². The van der Waals surface area contributed by atoms with Crippen molar-refractivity contribution in [3.8, 4) is 0 Å². The average molecular weight is 751 g/mol. The normalized spacial score (nSPS) is 11.5. The van der Waals surface area contributed by atoms with Gasteiger partial charge in [0.05, 0.1) is 0 Å². The minimum absolute atomic E-state index is 0.572. The van der Waals surface area contributed by atoms with E-state index < -0.39 is 44.3 Å². The molecule has 0 fully saturated rings. The number of benzene rings is 2. The Morgan fingerprint density at radius 1 is 0.705 bits per heavy atom. The number of fused-ring (bicyclic) bond motifs is 2. The van der Waals surface area contributed by atoms with Crippen molar-refractivity contribution in [2.75, 3.05) is 0 Å². The number of alkyl halides is 6. The Morgan fingerprint density at radius 3 is 1.34 bits per heavy atom. The fraction of sp³-hybridized carbons (Fsp3) is 0.353. The summed E-state index contributed by atoms with van der Waals surface area (Å²) in [4.78, 5) is 0. The summed E-state index contributed by atoms with van der Waals surface area (Å²) in [5.74, 6) is 0. The first-order chi connectivity index (χ1) is 20.9. The fourth-order valence-electron chi connectivity index (χ4n) is 4.20. The number of hydrogen-bond donors (Lipinski definition) is 0. The third-order valence-electron chi connectivity index (χ3n) is 6.27. The molecule has 0 heterocycles. The van der Waals surface area contributed by atoms with Gasteiger partial charge in [-0.1, -0.05) is 100 Å². The first-order valence-corrected chi connectivity index (χ1v) is 22.6. The van der Waals surface area contributed by atoms with Crippen molar-refractivity contribution >= 4 is 60.2 Å². The van der Waals surface area contributed by atoms with E-state index in [0.717, 1.165) is 59.2 Å². The molecule has 2 radical (unpaired) electrons. The maximum absolute atomic E-state index is 12.7. The van der Waals surface area contributed by atoms with Gasteiger partial charge >= 0.3 is 50.2 Å². The number of halogens is 8. The second-order valence-electron chi connectivity index (χ2n) is 9.84. The molecule has 10 heteroatoms. The predicted molar refractivity (Wildman–Crippen MR) is 175 cm³/mol. The molecular formula is C34H38Cl2F6SiZr. The van der Waals surface area contributed by atoms with Gasteiger partial charge in [-0.2, -0.15) is 38.5 Å². The molecule has 0 atom stereocenters. The summed E-state index contributed by atoms with van der Waals surface area (Å²) < 4.78 is 76.2. The molecule has 4 rings (SSSR count). The number of hydrogen-bond acceptors (Lipinski definition) is 0. The molecule has 0 bridgehead atoms. The SMILES string of the molecule is CCCCC=Cc1cccc2[cH-]c(C(F)(F)F)cc12.CCCCC=Cc1cccc2[cH-]c(C(F)(F)F)cc12.C[Si]C.[Cl][Zr+2][Cl]. The van der Waals surface area contributed by atoms with Gasteiger partial charge in [-0.3, -0.25) is 0 Å². The Morgan fingerprint density at radius 2 is 1.05 bits per heavy atom. The Hall–Kier alpha value is -1.60. The van der Waals surface area contributed by atoms with Crippen LogP contribution in [0.1, 0.15) is 74.6 Å². The molecule has 0 amide bonds. The van der Waals surface area contributed by atoms with Crippen molar-refractivity contribution in [3.63, 3.8) is 0 Å². The van der Waals surface area contributed by atoms with Gasteiger partial charge in [-0.25, -0.2) is 0 Å². The summed E-state index contributed by atoms with van der Waals surface area (Å²) in [5.41, 5.74) is 0.557. The van der Waals surface area contributed by atoms with Crippen LogP contribution < -0.4 is 0 Å². The molecule has 0 aliphatic rings. The van der Waals surface area contributed by atoms with Crippen molar-refractivity contribution in [2.45, 2.75) is 77.8 Å². The monoisotopic (exact) mass is 748 g/mol. The summed E-state index contributed by atoms with van der Waals surface area (Å²) in [6.07, 6.45) is 5.67. The van der Waals surface area contributed by atoms with Gasteiger partial charge in [0.1, 0.15) is 0 Å². The van der Waals surface area contributed by atoms with Crippen LogP contribution in [0.2, 0.25) is 13.1 Å². The van der Waals surface area contributed by atoms with Crippen LogP contribution >= 0.6 is 17.0 Å². The molecule has 0 unspecified atom stereocenters. The van der Waals surface area contributed by atoms with Gasteiger partial charge in [0, 0.05) is 9.52 Å². The van der Waals surface area contributed by atoms with Crippen molar-refractivity contribution < 1.29 is 47.2 Å². The third-order valence-corrected chi connectivity index (χ3v) is 6.27. The first-order valence-electron chi connectivity index (χ1n) is 14.3. The van der Waals surface area contributed by atoms with Gasteiger partial charge in [0.25, 0.3) is 0 Å². The van der Waals surface area contributed by atoms with Crippen molar-refractivity contribution in [3.05, 3.63) is 95.1 Å². The van der Waals surface area contributed by atoms with Crippen LogP contribution in [0.3, 0.4) is 0 Å². The zero-order valence-electron chi connectivity index (χ0n) is 25.3. The van der Waals surface area contributed by atoms with Crippen LogP contribution in [-0.4, -0.2) is 9.52 Å². The van der Waals surface area contributed by atoms with Crippen molar-refractivity contribution in [1.29, 1.82) is 0 Å². The maximum atomic E-state index is 12.7. The van der Waals surface area contributed by atoms with E-state index in [9.17, 15) is 26.3 Å². The first kappa shape index (κ1) is 40.4. The van der Waals surface area contributed by atoms with Gasteiger partial charge in [0.2, 0.25) is 0 Å². The molecule has 0 saturated carbocycles. The predicted octanol–water partition coefficient (Wildman–Crippen LogP) is 13.7. The molecule has 0 spiro atoms. The van der Waals surface area contributed by atoms with Gasteiger partial charge in [-0.15, -0.1) is 57.9 Å². The van der Waals surface area contributed by atoms with Crippen LogP contribution in [0.4, 0.5) is 26.3 Å². The van der Waals surface area contributed by atoms with E-state index >= 15 is 0 Å². The number of unbranched alkanes of at least 4 members (excludes halogenated alkanes) is 4. The molecule has 44 heavy (non-hydrogen) atoms. The quantitative estimate of drug-likeness (QED) is 0.0728. The van der Waals surface area contributed by atoms with Gasteiger partial charge < -0.3 is 0 Å². The third kappa shape index (κ3) is 14.2. The summed E-state index contributed by atoms with van der Waals surface area (Å²) in [6, 6.07) is 15.6. The molecule has 238 valence electrons. The van der Waals surface area contributed by atoms with Crippen molar-refractivity contribution in [2.24, 2.45) is 0 Å². The molecule has 0 nitrogen and oxygen atoms in total. The fourth-order valence-corrected chi connectivity index (χ4v) is 4.20. The number of rotatable bonds is 8. The van der Waals surface area contributed by atoms with Crippen LogP contribution in [0.15, 0.2) is 72.8 Å². The summed E-state index contributed by atoms with van der Waals surface area (Å²) in [5, 5.41) is 2.63. The second-order valence-corrected chi connectivity index (χ2v) is 14.6. The van der Waals surface area contributed by atoms with Crippen LogP contribution in [0.25, 0.3) is 33.7 Å². The molecule has 0 aliphatic heterocycles. The standard InChI is InChI=1S/2C16H16F3.C2H6Si.2ClH.Zr/c2*1-2-3-4-5-7-12-8-6-9-13-10-14(11-15(12)13)16(17,18)19;1-3-2;;;/h2*5-11H,2-4H2,1H3;1-2H3;2*1H;/q2*-1;;;;+4/p-2. The molecule has 0 saturated heterocycles. The van der Waals surface area contributed by atoms with Crippen LogP contribution in [-0.2, 0) is 33.2 Å².